The van der Waals surface area contributed by atoms with Crippen molar-refractivity contribution in [2.45, 2.75) is 33.3 Å². The Hall–Kier alpha value is -0.830. The Morgan fingerprint density at radius 3 is 2.46 bits per heavy atom. The molecule has 0 aromatic rings. The minimum Gasteiger partial charge on any atom is -0.393 e. The third-order valence-corrected chi connectivity index (χ3v) is 1.67. The molecule has 0 heterocycles. The van der Waals surface area contributed by atoms with Crippen molar-refractivity contribution in [1.82, 2.24) is 4.90 Å². The molecule has 1 atom stereocenters. The largest absolute Gasteiger partial charge is 0.393 e. The van der Waals surface area contributed by atoms with Gasteiger partial charge in [-0.05, 0) is 27.2 Å². The second-order valence-corrected chi connectivity index (χ2v) is 3.62. The molecule has 3 nitrogen and oxygen atoms in total. The standard InChI is InChI=1S/C10H19NO2/c1-8(2)7-10(13)11(4)6-5-9(3)12/h7,9,12H,5-6H2,1-4H3. The number of likely N-dealkylation sites (N-methyl/N-ethyl adjacent to an activating group) is 1. The number of rotatable bonds is 4. The molecule has 0 rings (SSSR count). The fourth-order valence-corrected chi connectivity index (χ4v) is 0.848. The van der Waals surface area contributed by atoms with E-state index in [0.717, 1.165) is 5.57 Å². The first-order chi connectivity index (χ1) is 5.93. The molecule has 0 saturated carbocycles. The first-order valence-corrected chi connectivity index (χ1v) is 4.51. The molecule has 0 aliphatic carbocycles. The molecule has 0 spiro atoms. The predicted molar refractivity (Wildman–Crippen MR) is 53.4 cm³/mol. The number of hydrogen-bond donors (Lipinski definition) is 1. The molecule has 3 heteroatoms. The van der Waals surface area contributed by atoms with E-state index in [4.69, 9.17) is 5.11 Å². The van der Waals surface area contributed by atoms with Gasteiger partial charge in [-0.15, -0.1) is 0 Å². The summed E-state index contributed by atoms with van der Waals surface area (Å²) in [7, 11) is 1.74. The van der Waals surface area contributed by atoms with E-state index in [1.165, 1.54) is 0 Å². The number of hydrogen-bond acceptors (Lipinski definition) is 2. The van der Waals surface area contributed by atoms with Crippen molar-refractivity contribution in [3.8, 4) is 0 Å². The lowest BCUT2D eigenvalue weighted by Gasteiger charge is -2.16. The maximum absolute atomic E-state index is 11.3. The fraction of sp³-hybridized carbons (Fsp3) is 0.700. The van der Waals surface area contributed by atoms with Crippen molar-refractivity contribution in [3.63, 3.8) is 0 Å². The molecular weight excluding hydrogens is 166 g/mol. The maximum Gasteiger partial charge on any atom is 0.246 e. The third-order valence-electron chi connectivity index (χ3n) is 1.67. The van der Waals surface area contributed by atoms with E-state index in [9.17, 15) is 4.79 Å². The summed E-state index contributed by atoms with van der Waals surface area (Å²) in [6, 6.07) is 0. The van der Waals surface area contributed by atoms with Gasteiger partial charge in [-0.1, -0.05) is 5.57 Å². The zero-order valence-corrected chi connectivity index (χ0v) is 8.87. The second-order valence-electron chi connectivity index (χ2n) is 3.62. The molecule has 0 fully saturated rings. The van der Waals surface area contributed by atoms with Crippen molar-refractivity contribution >= 4 is 5.91 Å². The van der Waals surface area contributed by atoms with Crippen LogP contribution in [-0.2, 0) is 4.79 Å². The number of allylic oxidation sites excluding steroid dienone is 1. The van der Waals surface area contributed by atoms with E-state index in [-0.39, 0.29) is 12.0 Å². The van der Waals surface area contributed by atoms with E-state index in [0.29, 0.717) is 13.0 Å². The van der Waals surface area contributed by atoms with Gasteiger partial charge in [-0.3, -0.25) is 4.79 Å². The van der Waals surface area contributed by atoms with Crippen molar-refractivity contribution in [1.29, 1.82) is 0 Å². The molecular formula is C10H19NO2. The summed E-state index contributed by atoms with van der Waals surface area (Å²) in [5.74, 6) is 0.000602. The maximum atomic E-state index is 11.3. The molecule has 0 saturated heterocycles. The third kappa shape index (κ3) is 6.34. The Kier molecular flexibility index (Phi) is 5.39. The molecule has 76 valence electrons. The summed E-state index contributed by atoms with van der Waals surface area (Å²) >= 11 is 0. The van der Waals surface area contributed by atoms with E-state index in [1.807, 2.05) is 13.8 Å². The Morgan fingerprint density at radius 1 is 1.54 bits per heavy atom. The number of carbonyl (C=O) groups is 1. The zero-order chi connectivity index (χ0) is 10.4. The minimum atomic E-state index is -0.345. The number of amides is 1. The van der Waals surface area contributed by atoms with Crippen LogP contribution in [0.1, 0.15) is 27.2 Å². The quantitative estimate of drug-likeness (QED) is 0.668. The van der Waals surface area contributed by atoms with Gasteiger partial charge in [0.1, 0.15) is 0 Å². The zero-order valence-electron chi connectivity index (χ0n) is 8.87. The minimum absolute atomic E-state index is 0.000602. The van der Waals surface area contributed by atoms with Crippen LogP contribution in [0, 0.1) is 0 Å². The molecule has 13 heavy (non-hydrogen) atoms. The summed E-state index contributed by atoms with van der Waals surface area (Å²) in [6.07, 6.45) is 1.88. The lowest BCUT2D eigenvalue weighted by Crippen LogP contribution is -2.27. The first-order valence-electron chi connectivity index (χ1n) is 4.51. The first kappa shape index (κ1) is 12.2. The van der Waals surface area contributed by atoms with Gasteiger partial charge in [-0.25, -0.2) is 0 Å². The van der Waals surface area contributed by atoms with E-state index in [1.54, 1.807) is 24.9 Å². The van der Waals surface area contributed by atoms with Crippen molar-refractivity contribution in [2.24, 2.45) is 0 Å². The summed E-state index contributed by atoms with van der Waals surface area (Å²) in [6.45, 7) is 6.10. The number of aliphatic hydroxyl groups is 1. The van der Waals surface area contributed by atoms with Gasteiger partial charge in [0, 0.05) is 19.7 Å². The highest BCUT2D eigenvalue weighted by Crippen LogP contribution is 1.97. The van der Waals surface area contributed by atoms with Crippen molar-refractivity contribution in [3.05, 3.63) is 11.6 Å². The molecule has 1 amide bonds. The second kappa shape index (κ2) is 5.75. The normalized spacial score (nSPS) is 12.1. The SMILES string of the molecule is CC(C)=CC(=O)N(C)CCC(C)O. The Morgan fingerprint density at radius 2 is 2.08 bits per heavy atom. The van der Waals surface area contributed by atoms with Crippen LogP contribution in [-0.4, -0.2) is 35.6 Å². The van der Waals surface area contributed by atoms with Gasteiger partial charge >= 0.3 is 0 Å². The molecule has 1 unspecified atom stereocenters. The van der Waals surface area contributed by atoms with E-state index < -0.39 is 0 Å². The summed E-state index contributed by atoms with van der Waals surface area (Å²) in [5.41, 5.74) is 0.994. The average molecular weight is 185 g/mol. The predicted octanol–water partition coefficient (Wildman–Crippen LogP) is 1.18. The molecule has 0 aliphatic rings. The van der Waals surface area contributed by atoms with Crippen LogP contribution >= 0.6 is 0 Å². The van der Waals surface area contributed by atoms with Crippen LogP contribution in [0.2, 0.25) is 0 Å². The van der Waals surface area contributed by atoms with E-state index in [2.05, 4.69) is 0 Å². The molecule has 0 aliphatic heterocycles. The van der Waals surface area contributed by atoms with Crippen LogP contribution in [0.5, 0.6) is 0 Å². The van der Waals surface area contributed by atoms with Gasteiger partial charge < -0.3 is 10.0 Å². The molecule has 0 aromatic heterocycles. The molecule has 1 N–H and O–H groups in total. The van der Waals surface area contributed by atoms with Gasteiger partial charge in [0.2, 0.25) is 5.91 Å². The van der Waals surface area contributed by atoms with E-state index >= 15 is 0 Å². The summed E-state index contributed by atoms with van der Waals surface area (Å²) in [4.78, 5) is 12.9. The van der Waals surface area contributed by atoms with Gasteiger partial charge in [0.05, 0.1) is 6.10 Å². The lowest BCUT2D eigenvalue weighted by atomic mass is 10.2. The van der Waals surface area contributed by atoms with Crippen LogP contribution < -0.4 is 0 Å². The topological polar surface area (TPSA) is 40.5 Å². The highest BCUT2D eigenvalue weighted by molar-refractivity contribution is 5.87. The smallest absolute Gasteiger partial charge is 0.246 e. The molecule has 0 bridgehead atoms. The van der Waals surface area contributed by atoms with Crippen LogP contribution in [0.15, 0.2) is 11.6 Å². The van der Waals surface area contributed by atoms with Crippen molar-refractivity contribution in [2.75, 3.05) is 13.6 Å². The average Bonchev–Trinajstić information content (AvgIpc) is 1.98. The van der Waals surface area contributed by atoms with Gasteiger partial charge in [0.25, 0.3) is 0 Å². The van der Waals surface area contributed by atoms with Gasteiger partial charge in [0.15, 0.2) is 0 Å². The number of nitrogens with zero attached hydrogens (tertiary/aromatic N) is 1. The Balaban J connectivity index is 3.90. The van der Waals surface area contributed by atoms with Crippen molar-refractivity contribution < 1.29 is 9.90 Å². The molecule has 0 radical (unpaired) electrons. The number of carbonyl (C=O) groups excluding carboxylic acids is 1. The Labute approximate surface area is 80.0 Å². The van der Waals surface area contributed by atoms with Crippen LogP contribution in [0.3, 0.4) is 0 Å². The van der Waals surface area contributed by atoms with Crippen LogP contribution in [0.4, 0.5) is 0 Å². The highest BCUT2D eigenvalue weighted by Gasteiger charge is 2.05. The lowest BCUT2D eigenvalue weighted by molar-refractivity contribution is -0.125. The van der Waals surface area contributed by atoms with Crippen LogP contribution in [0.25, 0.3) is 0 Å². The fourth-order valence-electron chi connectivity index (χ4n) is 0.848. The monoisotopic (exact) mass is 185 g/mol. The summed E-state index contributed by atoms with van der Waals surface area (Å²) < 4.78 is 0. The molecule has 0 aromatic carbocycles. The van der Waals surface area contributed by atoms with Gasteiger partial charge in [-0.2, -0.15) is 0 Å². The summed E-state index contributed by atoms with van der Waals surface area (Å²) in [5, 5.41) is 9.01. The highest BCUT2D eigenvalue weighted by atomic mass is 16.3. The number of aliphatic hydroxyl groups excluding tert-OH is 1. The Bertz CT molecular complexity index is 193.